The van der Waals surface area contributed by atoms with E-state index in [1.165, 1.54) is 0 Å². The summed E-state index contributed by atoms with van der Waals surface area (Å²) in [5.41, 5.74) is 0. The van der Waals surface area contributed by atoms with Crippen molar-refractivity contribution in [3.05, 3.63) is 0 Å². The number of hydrogen-bond donors (Lipinski definition) is 0. The molecule has 0 bridgehead atoms. The van der Waals surface area contributed by atoms with Gasteiger partial charge in [0, 0.05) is 39.5 Å². The summed E-state index contributed by atoms with van der Waals surface area (Å²) < 4.78 is 46.8. The van der Waals surface area contributed by atoms with Crippen LogP contribution in [-0.2, 0) is 57.0 Å². The fourth-order valence-corrected chi connectivity index (χ4v) is 2.85. The molecule has 0 N–H and O–H groups in total. The third-order valence-electron chi connectivity index (χ3n) is 4.41. The monoisotopic (exact) mass is 539 g/mol. The molecule has 0 aliphatic rings. The van der Waals surface area contributed by atoms with Gasteiger partial charge in [-0.15, -0.1) is 0 Å². The van der Waals surface area contributed by atoms with Crippen LogP contribution < -0.4 is 0 Å². The van der Waals surface area contributed by atoms with Gasteiger partial charge in [-0.1, -0.05) is 0 Å². The van der Waals surface area contributed by atoms with E-state index in [9.17, 15) is 14.4 Å². The average Bonchev–Trinajstić information content (AvgIpc) is 2.81. The van der Waals surface area contributed by atoms with Gasteiger partial charge in [0.25, 0.3) is 0 Å². The molecule has 0 saturated heterocycles. The summed E-state index contributed by atoms with van der Waals surface area (Å²) in [7, 11) is 0. The molecule has 37 heavy (non-hydrogen) atoms. The maximum atomic E-state index is 11.8. The molecular formula is C24H45NO12. The highest BCUT2D eigenvalue weighted by molar-refractivity contribution is 5.71. The maximum absolute atomic E-state index is 11.8. The number of esters is 3. The lowest BCUT2D eigenvalue weighted by molar-refractivity contribution is -0.179. The van der Waals surface area contributed by atoms with Crippen molar-refractivity contribution < 1.29 is 57.0 Å². The van der Waals surface area contributed by atoms with E-state index in [2.05, 4.69) is 0 Å². The van der Waals surface area contributed by atoms with E-state index >= 15 is 0 Å². The first-order valence-corrected chi connectivity index (χ1v) is 12.6. The zero-order chi connectivity index (χ0) is 27.9. The normalized spacial score (nSPS) is 13.7. The van der Waals surface area contributed by atoms with Crippen LogP contribution in [0.25, 0.3) is 0 Å². The largest absolute Gasteiger partial charge is 0.434 e. The Balaban J connectivity index is 4.42. The van der Waals surface area contributed by atoms with E-state index in [0.717, 1.165) is 0 Å². The second-order valence-electron chi connectivity index (χ2n) is 7.54. The molecule has 3 unspecified atom stereocenters. The van der Waals surface area contributed by atoms with Gasteiger partial charge in [-0.05, 0) is 41.5 Å². The molecular weight excluding hydrogens is 494 g/mol. The minimum atomic E-state index is -0.640. The van der Waals surface area contributed by atoms with Gasteiger partial charge in [0.05, 0.1) is 19.8 Å². The Morgan fingerprint density at radius 3 is 1.05 bits per heavy atom. The minimum Gasteiger partial charge on any atom is -0.434 e. The molecule has 0 spiro atoms. The van der Waals surface area contributed by atoms with Crippen LogP contribution >= 0.6 is 0 Å². The minimum absolute atomic E-state index is 0.216. The molecule has 0 fully saturated rings. The molecule has 0 amide bonds. The van der Waals surface area contributed by atoms with E-state index in [0.29, 0.717) is 39.5 Å². The predicted octanol–water partition coefficient (Wildman–Crippen LogP) is 1.12. The molecule has 0 radical (unpaired) electrons. The molecule has 13 nitrogen and oxygen atoms in total. The van der Waals surface area contributed by atoms with Gasteiger partial charge in [-0.25, -0.2) is 14.4 Å². The highest BCUT2D eigenvalue weighted by Crippen LogP contribution is 1.98. The molecule has 0 aromatic heterocycles. The fraction of sp³-hybridized carbons (Fsp3) is 0.875. The molecule has 3 atom stereocenters. The van der Waals surface area contributed by atoms with Gasteiger partial charge >= 0.3 is 17.9 Å². The van der Waals surface area contributed by atoms with Crippen molar-refractivity contribution in [1.29, 1.82) is 0 Å². The van der Waals surface area contributed by atoms with Crippen LogP contribution in [0, 0.1) is 0 Å². The molecule has 0 rings (SSSR count). The Labute approximate surface area is 219 Å². The van der Waals surface area contributed by atoms with Crippen molar-refractivity contribution in [2.45, 2.75) is 60.4 Å². The van der Waals surface area contributed by atoms with Crippen LogP contribution in [0.15, 0.2) is 0 Å². The zero-order valence-electron chi connectivity index (χ0n) is 23.1. The van der Waals surface area contributed by atoms with Gasteiger partial charge in [0.15, 0.2) is 18.9 Å². The van der Waals surface area contributed by atoms with Crippen molar-refractivity contribution in [3.63, 3.8) is 0 Å². The summed E-state index contributed by atoms with van der Waals surface area (Å²) in [6.45, 7) is 13.0. The van der Waals surface area contributed by atoms with Crippen molar-refractivity contribution in [1.82, 2.24) is 4.90 Å². The molecule has 0 heterocycles. The quantitative estimate of drug-likeness (QED) is 0.0750. The lowest BCUT2D eigenvalue weighted by atomic mass is 10.4. The average molecular weight is 540 g/mol. The predicted molar refractivity (Wildman–Crippen MR) is 130 cm³/mol. The second-order valence-corrected chi connectivity index (χ2v) is 7.54. The van der Waals surface area contributed by atoms with Gasteiger partial charge in [0.2, 0.25) is 0 Å². The summed E-state index contributed by atoms with van der Waals surface area (Å²) in [5, 5.41) is 0. The van der Waals surface area contributed by atoms with Crippen LogP contribution in [0.5, 0.6) is 0 Å². The van der Waals surface area contributed by atoms with Crippen LogP contribution in [0.2, 0.25) is 0 Å². The summed E-state index contributed by atoms with van der Waals surface area (Å²) in [6, 6.07) is 0. The molecule has 0 aliphatic heterocycles. The first-order valence-electron chi connectivity index (χ1n) is 12.6. The fourth-order valence-electron chi connectivity index (χ4n) is 2.85. The number of carbonyl (C=O) groups excluding carboxylic acids is 3. The van der Waals surface area contributed by atoms with Gasteiger partial charge in [0.1, 0.15) is 19.8 Å². The van der Waals surface area contributed by atoms with Crippen LogP contribution in [0.1, 0.15) is 41.5 Å². The first-order chi connectivity index (χ1) is 17.7. The second kappa shape index (κ2) is 23.3. The number of carbonyl (C=O) groups is 3. The Bertz CT molecular complexity index is 525. The third kappa shape index (κ3) is 21.9. The molecule has 13 heteroatoms. The number of rotatable bonds is 24. The molecule has 0 aromatic rings. The lowest BCUT2D eigenvalue weighted by Gasteiger charge is -2.22. The SMILES string of the molecule is CCOC(C)OC(=O)COCCN(CCOCC(=O)OC(C)OCC)CCOCC(=O)OC(C)OCC. The van der Waals surface area contributed by atoms with Crippen molar-refractivity contribution in [2.24, 2.45) is 0 Å². The van der Waals surface area contributed by atoms with Crippen molar-refractivity contribution in [3.8, 4) is 0 Å². The third-order valence-corrected chi connectivity index (χ3v) is 4.41. The van der Waals surface area contributed by atoms with Crippen LogP contribution in [0.3, 0.4) is 0 Å². The van der Waals surface area contributed by atoms with Crippen LogP contribution in [-0.4, -0.2) is 121 Å². The summed E-state index contributed by atoms with van der Waals surface area (Å²) >= 11 is 0. The highest BCUT2D eigenvalue weighted by atomic mass is 16.7. The Morgan fingerprint density at radius 1 is 0.541 bits per heavy atom. The summed E-state index contributed by atoms with van der Waals surface area (Å²) in [5.74, 6) is -1.59. The Hall–Kier alpha value is -1.87. The van der Waals surface area contributed by atoms with E-state index in [-0.39, 0.29) is 39.6 Å². The van der Waals surface area contributed by atoms with Gasteiger partial charge in [-0.3, -0.25) is 4.90 Å². The van der Waals surface area contributed by atoms with Crippen molar-refractivity contribution in [2.75, 3.05) is 79.1 Å². The van der Waals surface area contributed by atoms with E-state index in [1.807, 2.05) is 4.90 Å². The first kappa shape index (κ1) is 35.1. The molecule has 218 valence electrons. The van der Waals surface area contributed by atoms with E-state index in [4.69, 9.17) is 42.6 Å². The van der Waals surface area contributed by atoms with Gasteiger partial charge in [-0.2, -0.15) is 0 Å². The number of ether oxygens (including phenoxy) is 9. The zero-order valence-corrected chi connectivity index (χ0v) is 23.1. The van der Waals surface area contributed by atoms with Gasteiger partial charge < -0.3 is 42.6 Å². The molecule has 0 aromatic carbocycles. The Kier molecular flexibility index (Phi) is 22.1. The van der Waals surface area contributed by atoms with E-state index in [1.54, 1.807) is 41.5 Å². The summed E-state index contributed by atoms with van der Waals surface area (Å²) in [6.07, 6.45) is -1.92. The maximum Gasteiger partial charge on any atom is 0.334 e. The highest BCUT2D eigenvalue weighted by Gasteiger charge is 2.13. The smallest absolute Gasteiger partial charge is 0.334 e. The standard InChI is InChI=1S/C24H45NO12/c1-7-32-19(4)35-22(26)16-29-13-10-25(11-14-30-17-23(27)36-20(5)33-8-2)12-15-31-18-24(28)37-21(6)34-9-3/h19-21H,7-18H2,1-6H3. The number of nitrogens with zero attached hydrogens (tertiary/aromatic N) is 1. The lowest BCUT2D eigenvalue weighted by Crippen LogP contribution is -2.35. The van der Waals surface area contributed by atoms with Crippen LogP contribution in [0.4, 0.5) is 0 Å². The van der Waals surface area contributed by atoms with E-state index < -0.39 is 36.8 Å². The topological polar surface area (TPSA) is 138 Å². The Morgan fingerprint density at radius 2 is 0.811 bits per heavy atom. The summed E-state index contributed by atoms with van der Waals surface area (Å²) in [4.78, 5) is 37.3. The number of hydrogen-bond acceptors (Lipinski definition) is 13. The molecule has 0 saturated carbocycles. The van der Waals surface area contributed by atoms with Crippen molar-refractivity contribution >= 4 is 17.9 Å². The molecule has 0 aliphatic carbocycles.